The standard InChI is InChI=1S/C26H32N2O5/c1-3-12-28-16-19(13-17-8-9-18(25(29)30)14-24(17)32-2)22-15-20(10-11-23(22)28)27-26(31)33-21-6-4-5-7-21/h8-11,14-15,19,21H,3-7,12-13,16H2,1-2H3,(H,27,31)(H,29,30). The largest absolute Gasteiger partial charge is 0.496 e. The van der Waals surface area contributed by atoms with Gasteiger partial charge in [0.15, 0.2) is 0 Å². The molecule has 7 heteroatoms. The molecule has 1 heterocycles. The van der Waals surface area contributed by atoms with Crippen LogP contribution < -0.4 is 15.0 Å². The lowest BCUT2D eigenvalue weighted by Gasteiger charge is -2.19. The van der Waals surface area contributed by atoms with E-state index in [0.717, 1.165) is 56.4 Å². The Morgan fingerprint density at radius 2 is 1.94 bits per heavy atom. The molecule has 0 radical (unpaired) electrons. The van der Waals surface area contributed by atoms with E-state index in [4.69, 9.17) is 9.47 Å². The Kier molecular flexibility index (Phi) is 7.06. The molecule has 0 aromatic heterocycles. The highest BCUT2D eigenvalue weighted by Crippen LogP contribution is 2.41. The molecule has 176 valence electrons. The molecule has 1 unspecified atom stereocenters. The van der Waals surface area contributed by atoms with Crippen molar-refractivity contribution < 1.29 is 24.2 Å². The van der Waals surface area contributed by atoms with Crippen LogP contribution in [0.5, 0.6) is 5.75 Å². The predicted molar refractivity (Wildman–Crippen MR) is 128 cm³/mol. The lowest BCUT2D eigenvalue weighted by atomic mass is 9.92. The van der Waals surface area contributed by atoms with E-state index in [1.165, 1.54) is 11.3 Å². The maximum absolute atomic E-state index is 12.4. The number of nitrogens with one attached hydrogen (secondary N) is 1. The van der Waals surface area contributed by atoms with E-state index in [-0.39, 0.29) is 17.6 Å². The molecule has 0 saturated heterocycles. The number of aromatic carboxylic acids is 1. The van der Waals surface area contributed by atoms with Crippen molar-refractivity contribution in [3.63, 3.8) is 0 Å². The zero-order chi connectivity index (χ0) is 23.4. The van der Waals surface area contributed by atoms with Crippen LogP contribution in [0.25, 0.3) is 0 Å². The summed E-state index contributed by atoms with van der Waals surface area (Å²) in [5.41, 5.74) is 4.26. The number of anilines is 2. The average Bonchev–Trinajstić information content (AvgIpc) is 3.42. The van der Waals surface area contributed by atoms with Gasteiger partial charge < -0.3 is 19.5 Å². The molecule has 7 nitrogen and oxygen atoms in total. The van der Waals surface area contributed by atoms with Gasteiger partial charge >= 0.3 is 12.1 Å². The fourth-order valence-electron chi connectivity index (χ4n) is 4.98. The van der Waals surface area contributed by atoms with Gasteiger partial charge in [-0.1, -0.05) is 13.0 Å². The van der Waals surface area contributed by atoms with Crippen molar-refractivity contribution in [2.45, 2.75) is 57.5 Å². The molecular weight excluding hydrogens is 420 g/mol. The minimum absolute atomic E-state index is 0.0217. The van der Waals surface area contributed by atoms with E-state index in [2.05, 4.69) is 23.2 Å². The number of hydrogen-bond donors (Lipinski definition) is 2. The first kappa shape index (κ1) is 23.0. The van der Waals surface area contributed by atoms with Gasteiger partial charge in [0, 0.05) is 30.4 Å². The molecule has 2 aromatic rings. The van der Waals surface area contributed by atoms with Crippen molar-refractivity contribution in [1.29, 1.82) is 0 Å². The highest BCUT2D eigenvalue weighted by Gasteiger charge is 2.30. The highest BCUT2D eigenvalue weighted by molar-refractivity contribution is 5.88. The summed E-state index contributed by atoms with van der Waals surface area (Å²) >= 11 is 0. The Bertz CT molecular complexity index is 1020. The molecule has 0 spiro atoms. The van der Waals surface area contributed by atoms with Crippen LogP contribution in [0.4, 0.5) is 16.2 Å². The number of carbonyl (C=O) groups excluding carboxylic acids is 1. The number of nitrogens with zero attached hydrogens (tertiary/aromatic N) is 1. The number of carboxylic acid groups (broad SMARTS) is 1. The number of amides is 1. The van der Waals surface area contributed by atoms with Crippen LogP contribution in [0.1, 0.15) is 66.4 Å². The van der Waals surface area contributed by atoms with Crippen molar-refractivity contribution in [1.82, 2.24) is 0 Å². The third-order valence-corrected chi connectivity index (χ3v) is 6.56. The quantitative estimate of drug-likeness (QED) is 0.554. The van der Waals surface area contributed by atoms with E-state index >= 15 is 0 Å². The molecule has 1 saturated carbocycles. The number of carboxylic acids is 1. The van der Waals surface area contributed by atoms with Crippen LogP contribution in [0, 0.1) is 0 Å². The van der Waals surface area contributed by atoms with Crippen molar-refractivity contribution in [2.24, 2.45) is 0 Å². The SMILES string of the molecule is CCCN1CC(Cc2ccc(C(=O)O)cc2OC)c2cc(NC(=O)OC3CCCC3)ccc21. The molecule has 1 atom stereocenters. The van der Waals surface area contributed by atoms with E-state index in [0.29, 0.717) is 12.2 Å². The second-order valence-electron chi connectivity index (χ2n) is 8.89. The summed E-state index contributed by atoms with van der Waals surface area (Å²) in [7, 11) is 1.56. The summed E-state index contributed by atoms with van der Waals surface area (Å²) in [6, 6.07) is 11.1. The summed E-state index contributed by atoms with van der Waals surface area (Å²) in [5, 5.41) is 12.2. The second-order valence-corrected chi connectivity index (χ2v) is 8.89. The predicted octanol–water partition coefficient (Wildman–Crippen LogP) is 5.44. The minimum atomic E-state index is -0.972. The van der Waals surface area contributed by atoms with Gasteiger partial charge in [-0.05, 0) is 80.0 Å². The smallest absolute Gasteiger partial charge is 0.411 e. The van der Waals surface area contributed by atoms with Gasteiger partial charge in [0.1, 0.15) is 11.9 Å². The fourth-order valence-corrected chi connectivity index (χ4v) is 4.98. The number of hydrogen-bond acceptors (Lipinski definition) is 5. The summed E-state index contributed by atoms with van der Waals surface area (Å²) in [6.07, 6.45) is 5.48. The summed E-state index contributed by atoms with van der Waals surface area (Å²) in [4.78, 5) is 26.1. The Balaban J connectivity index is 1.55. The molecule has 1 fully saturated rings. The minimum Gasteiger partial charge on any atom is -0.496 e. The van der Waals surface area contributed by atoms with Gasteiger partial charge in [-0.25, -0.2) is 9.59 Å². The second kappa shape index (κ2) is 10.1. The number of rotatable bonds is 8. The van der Waals surface area contributed by atoms with Crippen LogP contribution in [0.15, 0.2) is 36.4 Å². The Hall–Kier alpha value is -3.22. The van der Waals surface area contributed by atoms with E-state index in [1.54, 1.807) is 19.2 Å². The first-order valence-corrected chi connectivity index (χ1v) is 11.7. The van der Waals surface area contributed by atoms with Crippen LogP contribution in [0.3, 0.4) is 0 Å². The molecule has 4 rings (SSSR count). The lowest BCUT2D eigenvalue weighted by molar-refractivity contribution is 0.0696. The molecule has 2 N–H and O–H groups in total. The lowest BCUT2D eigenvalue weighted by Crippen LogP contribution is -2.23. The van der Waals surface area contributed by atoms with Crippen molar-refractivity contribution >= 4 is 23.4 Å². The topological polar surface area (TPSA) is 88.1 Å². The van der Waals surface area contributed by atoms with Gasteiger partial charge in [-0.2, -0.15) is 0 Å². The molecule has 1 aliphatic carbocycles. The fraction of sp³-hybridized carbons (Fsp3) is 0.462. The van der Waals surface area contributed by atoms with E-state index in [1.807, 2.05) is 18.2 Å². The Morgan fingerprint density at radius 1 is 1.15 bits per heavy atom. The number of ether oxygens (including phenoxy) is 2. The van der Waals surface area contributed by atoms with Crippen molar-refractivity contribution in [3.05, 3.63) is 53.1 Å². The van der Waals surface area contributed by atoms with Crippen LogP contribution in [-0.2, 0) is 11.2 Å². The molecule has 1 aliphatic heterocycles. The normalized spacial score (nSPS) is 17.6. The number of fused-ring (bicyclic) bond motifs is 1. The van der Waals surface area contributed by atoms with E-state index < -0.39 is 12.1 Å². The van der Waals surface area contributed by atoms with Crippen LogP contribution >= 0.6 is 0 Å². The van der Waals surface area contributed by atoms with Crippen molar-refractivity contribution in [2.75, 3.05) is 30.4 Å². The summed E-state index contributed by atoms with van der Waals surface area (Å²) < 4.78 is 11.1. The molecule has 2 aliphatic rings. The van der Waals surface area contributed by atoms with Gasteiger partial charge in [-0.3, -0.25) is 5.32 Å². The first-order chi connectivity index (χ1) is 16.0. The third-order valence-electron chi connectivity index (χ3n) is 6.56. The Morgan fingerprint density at radius 3 is 2.64 bits per heavy atom. The first-order valence-electron chi connectivity index (χ1n) is 11.7. The van der Waals surface area contributed by atoms with Gasteiger partial charge in [0.25, 0.3) is 0 Å². The zero-order valence-corrected chi connectivity index (χ0v) is 19.3. The summed E-state index contributed by atoms with van der Waals surface area (Å²) in [6.45, 7) is 3.98. The third kappa shape index (κ3) is 5.24. The number of benzene rings is 2. The van der Waals surface area contributed by atoms with Crippen LogP contribution in [0.2, 0.25) is 0 Å². The monoisotopic (exact) mass is 452 g/mol. The molecule has 2 aromatic carbocycles. The number of carbonyl (C=O) groups is 2. The highest BCUT2D eigenvalue weighted by atomic mass is 16.6. The maximum Gasteiger partial charge on any atom is 0.411 e. The number of methoxy groups -OCH3 is 1. The zero-order valence-electron chi connectivity index (χ0n) is 19.3. The molecule has 0 bridgehead atoms. The van der Waals surface area contributed by atoms with Gasteiger partial charge in [-0.15, -0.1) is 0 Å². The molecule has 1 amide bonds. The Labute approximate surface area is 194 Å². The molecular formula is C26H32N2O5. The van der Waals surface area contributed by atoms with Gasteiger partial charge in [0.05, 0.1) is 12.7 Å². The van der Waals surface area contributed by atoms with Crippen molar-refractivity contribution in [3.8, 4) is 5.75 Å². The average molecular weight is 453 g/mol. The maximum atomic E-state index is 12.4. The van der Waals surface area contributed by atoms with Gasteiger partial charge in [0.2, 0.25) is 0 Å². The summed E-state index contributed by atoms with van der Waals surface area (Å²) in [5.74, 6) is -0.191. The van der Waals surface area contributed by atoms with E-state index in [9.17, 15) is 14.7 Å². The van der Waals surface area contributed by atoms with Crippen LogP contribution in [-0.4, -0.2) is 43.5 Å². The molecule has 33 heavy (non-hydrogen) atoms.